The molecule has 0 amide bonds. The van der Waals surface area contributed by atoms with Gasteiger partial charge < -0.3 is 15.5 Å². The van der Waals surface area contributed by atoms with Crippen LogP contribution < -0.4 is 15.5 Å². The molecule has 3 unspecified atom stereocenters. The van der Waals surface area contributed by atoms with Crippen LogP contribution in [0.4, 0.5) is 10.2 Å². The van der Waals surface area contributed by atoms with Crippen LogP contribution in [0.25, 0.3) is 0 Å². The molecule has 1 aromatic rings. The smallest absolute Gasteiger partial charge is 0.191 e. The number of hydrogen-bond acceptors (Lipinski definition) is 3. The molecule has 0 bridgehead atoms. The van der Waals surface area contributed by atoms with E-state index in [2.05, 4.69) is 27.5 Å². The van der Waals surface area contributed by atoms with Gasteiger partial charge in [0.25, 0.3) is 0 Å². The minimum absolute atomic E-state index is 0. The van der Waals surface area contributed by atoms with Gasteiger partial charge in [-0.1, -0.05) is 13.3 Å². The lowest BCUT2D eigenvalue weighted by atomic mass is 10.2. The van der Waals surface area contributed by atoms with Crippen LogP contribution in [0.2, 0.25) is 0 Å². The highest BCUT2D eigenvalue weighted by molar-refractivity contribution is 14.0. The van der Waals surface area contributed by atoms with Crippen LogP contribution in [0.5, 0.6) is 0 Å². The monoisotopic (exact) mass is 447 g/mol. The number of anilines is 1. The van der Waals surface area contributed by atoms with E-state index in [1.165, 1.54) is 25.3 Å². The second-order valence-electron chi connectivity index (χ2n) is 6.49. The molecular weight excluding hydrogens is 420 g/mol. The minimum atomic E-state index is -0.254. The van der Waals surface area contributed by atoms with Crippen LogP contribution in [-0.4, -0.2) is 43.2 Å². The van der Waals surface area contributed by atoms with Crippen molar-refractivity contribution in [2.24, 2.45) is 10.9 Å². The molecule has 7 heteroatoms. The average Bonchev–Trinajstić information content (AvgIpc) is 3.10. The van der Waals surface area contributed by atoms with E-state index in [1.54, 1.807) is 19.3 Å². The fourth-order valence-electron chi connectivity index (χ4n) is 3.33. The Labute approximate surface area is 160 Å². The second-order valence-corrected chi connectivity index (χ2v) is 6.49. The van der Waals surface area contributed by atoms with Crippen LogP contribution in [0.1, 0.15) is 32.6 Å². The summed E-state index contributed by atoms with van der Waals surface area (Å²) in [5, 5.41) is 6.96. The highest BCUT2D eigenvalue weighted by Crippen LogP contribution is 2.34. The van der Waals surface area contributed by atoms with Gasteiger partial charge in [0, 0.05) is 38.4 Å². The van der Waals surface area contributed by atoms with Gasteiger partial charge in [0.2, 0.25) is 0 Å². The highest BCUT2D eigenvalue weighted by atomic mass is 127. The number of aliphatic imine (C=N–C) groups is 1. The number of hydrogen-bond donors (Lipinski definition) is 2. The quantitative estimate of drug-likeness (QED) is 0.414. The normalized spacial score (nSPS) is 26.0. The van der Waals surface area contributed by atoms with Gasteiger partial charge in [-0.25, -0.2) is 9.37 Å². The number of nitrogens with zero attached hydrogens (tertiary/aromatic N) is 3. The molecular formula is C17H27FIN5. The predicted octanol–water partition coefficient (Wildman–Crippen LogP) is 2.77. The summed E-state index contributed by atoms with van der Waals surface area (Å²) in [4.78, 5) is 10.5. The molecule has 1 saturated carbocycles. The molecule has 0 radical (unpaired) electrons. The van der Waals surface area contributed by atoms with Gasteiger partial charge in [-0.05, 0) is 37.3 Å². The van der Waals surface area contributed by atoms with Crippen molar-refractivity contribution in [2.75, 3.05) is 25.0 Å². The summed E-state index contributed by atoms with van der Waals surface area (Å²) in [6.45, 7) is 3.79. The van der Waals surface area contributed by atoms with Gasteiger partial charge in [0.1, 0.15) is 0 Å². The van der Waals surface area contributed by atoms with Crippen molar-refractivity contribution in [3.8, 4) is 0 Å². The third-order valence-electron chi connectivity index (χ3n) is 4.70. The molecule has 1 aromatic heterocycles. The van der Waals surface area contributed by atoms with E-state index < -0.39 is 0 Å². The molecule has 2 N–H and O–H groups in total. The zero-order valence-corrected chi connectivity index (χ0v) is 16.7. The molecule has 2 heterocycles. The summed E-state index contributed by atoms with van der Waals surface area (Å²) in [6.07, 6.45) is 6.36. The molecule has 0 spiro atoms. The van der Waals surface area contributed by atoms with Crippen LogP contribution in [0.3, 0.4) is 0 Å². The first-order valence-electron chi connectivity index (χ1n) is 8.56. The zero-order chi connectivity index (χ0) is 16.2. The molecule has 3 atom stereocenters. The van der Waals surface area contributed by atoms with Gasteiger partial charge in [-0.15, -0.1) is 24.0 Å². The van der Waals surface area contributed by atoms with Crippen molar-refractivity contribution >= 4 is 35.8 Å². The fraction of sp³-hybridized carbons (Fsp3) is 0.647. The first-order valence-corrected chi connectivity index (χ1v) is 8.56. The van der Waals surface area contributed by atoms with Gasteiger partial charge in [0.05, 0.1) is 0 Å². The summed E-state index contributed by atoms with van der Waals surface area (Å²) in [5.74, 6) is 1.85. The number of guanidine groups is 1. The second kappa shape index (κ2) is 8.82. The predicted molar refractivity (Wildman–Crippen MR) is 107 cm³/mol. The van der Waals surface area contributed by atoms with E-state index in [4.69, 9.17) is 0 Å². The summed E-state index contributed by atoms with van der Waals surface area (Å²) < 4.78 is 13.8. The number of rotatable bonds is 5. The molecule has 1 saturated heterocycles. The fourth-order valence-corrected chi connectivity index (χ4v) is 3.33. The van der Waals surface area contributed by atoms with E-state index in [-0.39, 0.29) is 35.8 Å². The van der Waals surface area contributed by atoms with Crippen molar-refractivity contribution in [3.63, 3.8) is 0 Å². The molecule has 1 aliphatic carbocycles. The van der Waals surface area contributed by atoms with Crippen molar-refractivity contribution in [3.05, 3.63) is 24.1 Å². The molecule has 1 aliphatic heterocycles. The maximum absolute atomic E-state index is 13.8. The number of nitrogens with one attached hydrogen (secondary N) is 2. The molecule has 2 fully saturated rings. The van der Waals surface area contributed by atoms with Gasteiger partial charge in [0.15, 0.2) is 17.6 Å². The Bertz CT molecular complexity index is 568. The number of pyridine rings is 1. The summed E-state index contributed by atoms with van der Waals surface area (Å²) in [5.41, 5.74) is 0. The van der Waals surface area contributed by atoms with Gasteiger partial charge in [-0.2, -0.15) is 0 Å². The van der Waals surface area contributed by atoms with Crippen molar-refractivity contribution in [1.29, 1.82) is 0 Å². The highest BCUT2D eigenvalue weighted by Gasteiger charge is 2.37. The first-order chi connectivity index (χ1) is 11.2. The Morgan fingerprint density at radius 2 is 2.29 bits per heavy atom. The minimum Gasteiger partial charge on any atom is -0.353 e. The van der Waals surface area contributed by atoms with Crippen molar-refractivity contribution < 1.29 is 4.39 Å². The lowest BCUT2D eigenvalue weighted by Gasteiger charge is -2.20. The molecule has 3 rings (SSSR count). The summed E-state index contributed by atoms with van der Waals surface area (Å²) in [6, 6.07) is 3.92. The summed E-state index contributed by atoms with van der Waals surface area (Å²) in [7, 11) is 1.80. The van der Waals surface area contributed by atoms with Crippen molar-refractivity contribution in [2.45, 2.75) is 44.7 Å². The largest absolute Gasteiger partial charge is 0.353 e. The van der Waals surface area contributed by atoms with Gasteiger partial charge >= 0.3 is 0 Å². The Balaban J connectivity index is 0.00000208. The Morgan fingerprint density at radius 3 is 3.00 bits per heavy atom. The van der Waals surface area contributed by atoms with E-state index >= 15 is 0 Å². The molecule has 5 nitrogen and oxygen atoms in total. The Kier molecular flexibility index (Phi) is 7.06. The van der Waals surface area contributed by atoms with E-state index in [9.17, 15) is 4.39 Å². The SMILES string of the molecule is CCCC1CC1NC(=NC)NC1CCN(c2ncccc2F)C1.I. The zero-order valence-electron chi connectivity index (χ0n) is 14.3. The average molecular weight is 447 g/mol. The molecule has 0 aromatic carbocycles. The molecule has 2 aliphatic rings. The molecule has 134 valence electrons. The van der Waals surface area contributed by atoms with Crippen LogP contribution in [-0.2, 0) is 0 Å². The maximum atomic E-state index is 13.8. The van der Waals surface area contributed by atoms with E-state index in [1.807, 2.05) is 4.90 Å². The van der Waals surface area contributed by atoms with Crippen LogP contribution in [0.15, 0.2) is 23.3 Å². The number of aromatic nitrogens is 1. The summed E-state index contributed by atoms with van der Waals surface area (Å²) >= 11 is 0. The Hall–Kier alpha value is -1.12. The lowest BCUT2D eigenvalue weighted by molar-refractivity contribution is 0.610. The number of halogens is 2. The van der Waals surface area contributed by atoms with Crippen LogP contribution in [0, 0.1) is 11.7 Å². The molecule has 24 heavy (non-hydrogen) atoms. The first kappa shape index (κ1) is 19.2. The van der Waals surface area contributed by atoms with Crippen LogP contribution >= 0.6 is 24.0 Å². The maximum Gasteiger partial charge on any atom is 0.191 e. The third kappa shape index (κ3) is 4.70. The van der Waals surface area contributed by atoms with Gasteiger partial charge in [-0.3, -0.25) is 4.99 Å². The third-order valence-corrected chi connectivity index (χ3v) is 4.70. The Morgan fingerprint density at radius 1 is 1.46 bits per heavy atom. The standard InChI is InChI=1S/C17H26FN5.HI/c1-3-5-12-10-15(12)22-17(19-2)21-13-7-9-23(11-13)16-14(18)6-4-8-20-16;/h4,6,8,12-13,15H,3,5,7,9-11H2,1-2H3,(H2,19,21,22);1H. The van der Waals surface area contributed by atoms with Crippen molar-refractivity contribution in [1.82, 2.24) is 15.6 Å². The van der Waals surface area contributed by atoms with E-state index in [0.29, 0.717) is 11.9 Å². The lowest BCUT2D eigenvalue weighted by Crippen LogP contribution is -2.45. The van der Waals surface area contributed by atoms with E-state index in [0.717, 1.165) is 31.4 Å². The topological polar surface area (TPSA) is 52.6 Å².